The molecule has 4 aliphatic carbocycles. The van der Waals surface area contributed by atoms with E-state index in [1.54, 1.807) is 12.1 Å². The molecule has 8 rings (SSSR count). The summed E-state index contributed by atoms with van der Waals surface area (Å²) < 4.78 is 58.7. The second-order valence-corrected chi connectivity index (χ2v) is 16.8. The van der Waals surface area contributed by atoms with Crippen molar-refractivity contribution in [2.45, 2.75) is 113 Å². The maximum absolute atomic E-state index is 15.4. The fourth-order valence-electron chi connectivity index (χ4n) is 8.58. The lowest BCUT2D eigenvalue weighted by Crippen LogP contribution is -2.39. The van der Waals surface area contributed by atoms with Gasteiger partial charge in [-0.15, -0.1) is 0 Å². The molecule has 2 aliphatic heterocycles. The number of Topliss-reactive ketones (excluding diaryl/α,β-unsaturated/α-hetero) is 1. The summed E-state index contributed by atoms with van der Waals surface area (Å²) in [6.45, 7) is 2.02. The number of carbonyl (C=O) groups is 1. The van der Waals surface area contributed by atoms with Crippen LogP contribution in [0.25, 0.3) is 0 Å². The van der Waals surface area contributed by atoms with Crippen LogP contribution < -0.4 is 4.90 Å². The van der Waals surface area contributed by atoms with E-state index < -0.39 is 32.4 Å². The summed E-state index contributed by atoms with van der Waals surface area (Å²) in [6, 6.07) is 4.60. The average Bonchev–Trinajstić information content (AvgIpc) is 3.89. The first-order valence-electron chi connectivity index (χ1n) is 16.8. The topological polar surface area (TPSA) is 98.9 Å². The SMILES string of the molecule is O=C(CS(=O)(=O)C1CCOCC1)c1ccc(N2C[C@@H]3C[C@H]2C[C@H]3OCc2c(C3CCC4(CC3)CC4)noc2C2CC2)c(F)c1. The molecule has 2 saturated heterocycles. The van der Waals surface area contributed by atoms with Crippen molar-refractivity contribution in [1.82, 2.24) is 5.16 Å². The molecule has 44 heavy (non-hydrogen) atoms. The quantitative estimate of drug-likeness (QED) is 0.292. The molecule has 2 aromatic rings. The van der Waals surface area contributed by atoms with Crippen molar-refractivity contribution in [2.75, 3.05) is 30.4 Å². The minimum Gasteiger partial charge on any atom is -0.381 e. The van der Waals surface area contributed by atoms with Gasteiger partial charge in [0.05, 0.1) is 29.3 Å². The molecular weight excluding hydrogens is 583 g/mol. The Morgan fingerprint density at radius 2 is 1.80 bits per heavy atom. The number of halogens is 1. The second kappa shape index (κ2) is 11.2. The molecular formula is C34H43FN2O6S. The molecule has 6 aliphatic rings. The molecule has 1 aromatic heterocycles. The van der Waals surface area contributed by atoms with E-state index in [1.165, 1.54) is 63.0 Å². The highest BCUT2D eigenvalue weighted by Gasteiger charge is 2.48. The van der Waals surface area contributed by atoms with Gasteiger partial charge in [0.25, 0.3) is 0 Å². The summed E-state index contributed by atoms with van der Waals surface area (Å²) in [6.07, 6.45) is 12.9. The number of piperidine rings is 1. The number of nitrogens with zero attached hydrogens (tertiary/aromatic N) is 2. The van der Waals surface area contributed by atoms with Crippen molar-refractivity contribution in [3.05, 3.63) is 46.6 Å². The van der Waals surface area contributed by atoms with Gasteiger partial charge in [-0.2, -0.15) is 0 Å². The minimum atomic E-state index is -3.61. The molecule has 1 spiro atoms. The summed E-state index contributed by atoms with van der Waals surface area (Å²) >= 11 is 0. The Morgan fingerprint density at radius 1 is 1.02 bits per heavy atom. The van der Waals surface area contributed by atoms with Crippen LogP contribution in [0.1, 0.15) is 116 Å². The minimum absolute atomic E-state index is 0.105. The van der Waals surface area contributed by atoms with E-state index >= 15 is 4.39 Å². The van der Waals surface area contributed by atoms with E-state index in [0.717, 1.165) is 24.3 Å². The van der Waals surface area contributed by atoms with Crippen LogP contribution >= 0.6 is 0 Å². The molecule has 238 valence electrons. The van der Waals surface area contributed by atoms with Crippen molar-refractivity contribution >= 4 is 21.3 Å². The van der Waals surface area contributed by atoms with Crippen LogP contribution in [-0.2, 0) is 25.9 Å². The second-order valence-electron chi connectivity index (χ2n) is 14.6. The molecule has 8 nitrogen and oxygen atoms in total. The number of hydrogen-bond donors (Lipinski definition) is 0. The van der Waals surface area contributed by atoms with E-state index in [-0.39, 0.29) is 17.7 Å². The number of hydrogen-bond acceptors (Lipinski definition) is 8. The van der Waals surface area contributed by atoms with Gasteiger partial charge in [-0.25, -0.2) is 12.8 Å². The first-order valence-corrected chi connectivity index (χ1v) is 18.5. The lowest BCUT2D eigenvalue weighted by atomic mass is 9.77. The number of aromatic nitrogens is 1. The predicted molar refractivity (Wildman–Crippen MR) is 162 cm³/mol. The smallest absolute Gasteiger partial charge is 0.177 e. The summed E-state index contributed by atoms with van der Waals surface area (Å²) in [5.41, 5.74) is 3.57. The lowest BCUT2D eigenvalue weighted by Gasteiger charge is -2.33. The molecule has 0 amide bonds. The molecule has 2 bridgehead atoms. The van der Waals surface area contributed by atoms with E-state index in [0.29, 0.717) is 68.1 Å². The maximum atomic E-state index is 15.4. The lowest BCUT2D eigenvalue weighted by molar-refractivity contribution is 0.0115. The van der Waals surface area contributed by atoms with Crippen molar-refractivity contribution in [2.24, 2.45) is 11.3 Å². The van der Waals surface area contributed by atoms with E-state index in [9.17, 15) is 13.2 Å². The molecule has 10 heteroatoms. The predicted octanol–water partition coefficient (Wildman–Crippen LogP) is 6.09. The van der Waals surface area contributed by atoms with Gasteiger partial charge in [0, 0.05) is 54.7 Å². The fraction of sp³-hybridized carbons (Fsp3) is 0.706. The van der Waals surface area contributed by atoms with E-state index in [2.05, 4.69) is 10.1 Å². The first-order chi connectivity index (χ1) is 21.3. The Bertz CT molecular complexity index is 1520. The van der Waals surface area contributed by atoms with Crippen LogP contribution in [0.5, 0.6) is 0 Å². The van der Waals surface area contributed by atoms with Gasteiger partial charge in [-0.05, 0) is 101 Å². The van der Waals surface area contributed by atoms with Gasteiger partial charge in [-0.1, -0.05) is 5.16 Å². The van der Waals surface area contributed by atoms with Gasteiger partial charge < -0.3 is 18.9 Å². The molecule has 0 unspecified atom stereocenters. The van der Waals surface area contributed by atoms with Gasteiger partial charge in [0.15, 0.2) is 15.6 Å². The third-order valence-corrected chi connectivity index (χ3v) is 13.8. The number of benzene rings is 1. The summed E-state index contributed by atoms with van der Waals surface area (Å²) in [5.74, 6) is 0.693. The van der Waals surface area contributed by atoms with Gasteiger partial charge >= 0.3 is 0 Å². The van der Waals surface area contributed by atoms with Crippen molar-refractivity contribution < 1.29 is 31.6 Å². The van der Waals surface area contributed by atoms with E-state index in [1.807, 2.05) is 0 Å². The fourth-order valence-corrected chi connectivity index (χ4v) is 10.3. The van der Waals surface area contributed by atoms with Crippen LogP contribution in [0, 0.1) is 17.2 Å². The van der Waals surface area contributed by atoms with E-state index in [4.69, 9.17) is 14.0 Å². The zero-order chi connectivity index (χ0) is 30.1. The summed E-state index contributed by atoms with van der Waals surface area (Å²) in [4.78, 5) is 14.9. The first kappa shape index (κ1) is 29.1. The number of fused-ring (bicyclic) bond motifs is 2. The highest BCUT2D eigenvalue weighted by Crippen LogP contribution is 2.59. The summed E-state index contributed by atoms with van der Waals surface area (Å²) in [5, 5.41) is 4.05. The van der Waals surface area contributed by atoms with Gasteiger partial charge in [0.2, 0.25) is 0 Å². The normalized spacial score (nSPS) is 28.7. The monoisotopic (exact) mass is 626 g/mol. The Kier molecular flexibility index (Phi) is 7.41. The Labute approximate surface area is 258 Å². The molecule has 1 aromatic carbocycles. The zero-order valence-corrected chi connectivity index (χ0v) is 26.2. The third kappa shape index (κ3) is 5.53. The van der Waals surface area contributed by atoms with Gasteiger partial charge in [-0.3, -0.25) is 4.79 Å². The number of sulfone groups is 1. The van der Waals surface area contributed by atoms with Crippen molar-refractivity contribution in [1.29, 1.82) is 0 Å². The van der Waals surface area contributed by atoms with Crippen molar-refractivity contribution in [3.8, 4) is 0 Å². The highest BCUT2D eigenvalue weighted by atomic mass is 32.2. The highest BCUT2D eigenvalue weighted by molar-refractivity contribution is 7.92. The molecule has 3 atom stereocenters. The summed E-state index contributed by atoms with van der Waals surface area (Å²) in [7, 11) is -3.61. The van der Waals surface area contributed by atoms with Crippen LogP contribution in [0.2, 0.25) is 0 Å². The van der Waals surface area contributed by atoms with Crippen LogP contribution in [0.3, 0.4) is 0 Å². The Hall–Kier alpha value is -2.30. The van der Waals surface area contributed by atoms with Crippen LogP contribution in [0.4, 0.5) is 10.1 Å². The third-order valence-electron chi connectivity index (χ3n) is 11.7. The largest absolute Gasteiger partial charge is 0.381 e. The molecule has 3 heterocycles. The molecule has 0 radical (unpaired) electrons. The average molecular weight is 627 g/mol. The number of ketones is 1. The van der Waals surface area contributed by atoms with Crippen LogP contribution in [0.15, 0.2) is 22.7 Å². The number of carbonyl (C=O) groups excluding carboxylic acids is 1. The number of rotatable bonds is 10. The molecule has 4 saturated carbocycles. The zero-order valence-electron chi connectivity index (χ0n) is 25.3. The molecule has 6 fully saturated rings. The van der Waals surface area contributed by atoms with Crippen molar-refractivity contribution in [3.63, 3.8) is 0 Å². The Balaban J connectivity index is 0.894. The van der Waals surface area contributed by atoms with Gasteiger partial charge in [0.1, 0.15) is 17.3 Å². The standard InChI is InChI=1S/C34H43FN2O6S/c35-28-16-23(30(38)20-44(39,40)26-7-13-41-14-8-26)3-4-29(28)37-18-24-15-25(37)17-31(24)42-19-27-32(36-43-33(27)22-1-2-22)21-5-9-34(10-6-21)11-12-34/h3-4,16,21-22,24-26,31H,1-2,5-15,17-20H2/t24-,25-,31+/m0/s1. The number of ether oxygens (including phenoxy) is 2. The van der Waals surface area contributed by atoms with Crippen LogP contribution in [-0.4, -0.2) is 62.3 Å². The molecule has 0 N–H and O–H groups in total. The number of anilines is 1. The maximum Gasteiger partial charge on any atom is 0.177 e. The Morgan fingerprint density at radius 3 is 2.45 bits per heavy atom.